The number of rotatable bonds is 8. The van der Waals surface area contributed by atoms with Crippen LogP contribution in [0.4, 0.5) is 0 Å². The summed E-state index contributed by atoms with van der Waals surface area (Å²) in [6, 6.07) is 14.5. The van der Waals surface area contributed by atoms with E-state index < -0.39 is 0 Å². The van der Waals surface area contributed by atoms with Gasteiger partial charge in [0.25, 0.3) is 0 Å². The zero-order valence-electron chi connectivity index (χ0n) is 14.0. The minimum absolute atomic E-state index is 0.102. The number of methoxy groups -OCH3 is 1. The van der Waals surface area contributed by atoms with Crippen LogP contribution < -0.4 is 4.74 Å². The van der Waals surface area contributed by atoms with Gasteiger partial charge in [0.2, 0.25) is 0 Å². The van der Waals surface area contributed by atoms with Gasteiger partial charge in [-0.1, -0.05) is 48.5 Å². The molecule has 0 aromatic heterocycles. The average molecular weight is 336 g/mol. The van der Waals surface area contributed by atoms with Crippen molar-refractivity contribution >= 4 is 23.7 Å². The smallest absolute Gasteiger partial charge is 0.163 e. The predicted octanol–water partition coefficient (Wildman–Crippen LogP) is 3.44. The summed E-state index contributed by atoms with van der Waals surface area (Å²) in [7, 11) is 1.56. The summed E-state index contributed by atoms with van der Waals surface area (Å²) in [5.74, 6) is 0.0943. The molecule has 128 valence electrons. The molecule has 4 nitrogen and oxygen atoms in total. The zero-order valence-corrected chi connectivity index (χ0v) is 14.0. The monoisotopic (exact) mass is 336 g/mol. The zero-order chi connectivity index (χ0) is 18.1. The molecule has 0 radical (unpaired) electrons. The molecular formula is C21H20O4. The molecule has 2 aromatic carbocycles. The van der Waals surface area contributed by atoms with Gasteiger partial charge in [0.1, 0.15) is 5.75 Å². The molecule has 0 amide bonds. The first-order valence-corrected chi connectivity index (χ1v) is 7.87. The van der Waals surface area contributed by atoms with Crippen LogP contribution in [0.1, 0.15) is 23.1 Å². The Morgan fingerprint density at radius 2 is 1.48 bits per heavy atom. The van der Waals surface area contributed by atoms with Crippen LogP contribution in [-0.4, -0.2) is 23.8 Å². The second-order valence-corrected chi connectivity index (χ2v) is 5.37. The van der Waals surface area contributed by atoms with Crippen LogP contribution in [0.25, 0.3) is 12.2 Å². The molecular weight excluding hydrogens is 316 g/mol. The summed E-state index contributed by atoms with van der Waals surface area (Å²) in [4.78, 5) is 23.9. The number of carbonyl (C=O) groups is 2. The molecule has 1 N–H and O–H groups in total. The Kier molecular flexibility index (Phi) is 6.87. The van der Waals surface area contributed by atoms with Crippen LogP contribution in [0.3, 0.4) is 0 Å². The molecule has 0 bridgehead atoms. The van der Waals surface area contributed by atoms with Crippen molar-refractivity contribution in [3.05, 3.63) is 77.4 Å². The van der Waals surface area contributed by atoms with Gasteiger partial charge >= 0.3 is 0 Å². The lowest BCUT2D eigenvalue weighted by molar-refractivity contribution is -0.121. The minimum atomic E-state index is -0.289. The van der Waals surface area contributed by atoms with E-state index in [2.05, 4.69) is 0 Å². The molecule has 25 heavy (non-hydrogen) atoms. The van der Waals surface area contributed by atoms with E-state index in [1.165, 1.54) is 12.2 Å². The molecule has 4 heteroatoms. The first kappa shape index (κ1) is 18.4. The predicted molar refractivity (Wildman–Crippen MR) is 98.1 cm³/mol. The molecule has 0 aliphatic heterocycles. The Balaban J connectivity index is 1.97. The Morgan fingerprint density at radius 1 is 0.920 bits per heavy atom. The third kappa shape index (κ3) is 5.55. The molecule has 0 spiro atoms. The third-order valence-electron chi connectivity index (χ3n) is 3.61. The molecule has 0 aliphatic rings. The molecule has 0 saturated carbocycles. The maximum atomic E-state index is 11.9. The van der Waals surface area contributed by atoms with Gasteiger partial charge in [-0.15, -0.1) is 0 Å². The topological polar surface area (TPSA) is 63.6 Å². The Hall–Kier alpha value is -2.98. The van der Waals surface area contributed by atoms with Crippen LogP contribution in [0.2, 0.25) is 0 Å². The second-order valence-electron chi connectivity index (χ2n) is 5.37. The van der Waals surface area contributed by atoms with Gasteiger partial charge in [-0.25, -0.2) is 0 Å². The van der Waals surface area contributed by atoms with Gasteiger partial charge in [0.05, 0.1) is 20.1 Å². The van der Waals surface area contributed by atoms with Crippen LogP contribution in [0.5, 0.6) is 5.75 Å². The van der Waals surface area contributed by atoms with E-state index in [1.54, 1.807) is 37.5 Å². The lowest BCUT2D eigenvalue weighted by Crippen LogP contribution is -2.02. The Labute approximate surface area is 147 Å². The maximum absolute atomic E-state index is 11.9. The maximum Gasteiger partial charge on any atom is 0.163 e. The normalized spacial score (nSPS) is 11.1. The Bertz CT molecular complexity index is 736. The highest BCUT2D eigenvalue weighted by atomic mass is 16.5. The highest BCUT2D eigenvalue weighted by Crippen LogP contribution is 2.18. The van der Waals surface area contributed by atoms with Gasteiger partial charge in [-0.3, -0.25) is 9.59 Å². The molecule has 0 aliphatic carbocycles. The van der Waals surface area contributed by atoms with Crippen molar-refractivity contribution in [2.75, 3.05) is 7.11 Å². The van der Waals surface area contributed by atoms with Crippen molar-refractivity contribution in [3.8, 4) is 5.75 Å². The third-order valence-corrected chi connectivity index (χ3v) is 3.61. The van der Waals surface area contributed by atoms with Crippen LogP contribution in [0.15, 0.2) is 60.7 Å². The lowest BCUT2D eigenvalue weighted by Gasteiger charge is -2.03. The first-order chi connectivity index (χ1) is 12.1. The van der Waals surface area contributed by atoms with Crippen molar-refractivity contribution in [2.45, 2.75) is 13.0 Å². The van der Waals surface area contributed by atoms with Crippen molar-refractivity contribution in [3.63, 3.8) is 0 Å². The van der Waals surface area contributed by atoms with E-state index >= 15 is 0 Å². The fraction of sp³-hybridized carbons (Fsp3) is 0.143. The highest BCUT2D eigenvalue weighted by Gasteiger charge is 2.05. The number of hydrogen-bond acceptors (Lipinski definition) is 4. The number of ether oxygens (including phenoxy) is 1. The number of aliphatic hydroxyl groups is 1. The van der Waals surface area contributed by atoms with E-state index in [9.17, 15) is 14.7 Å². The molecule has 0 heterocycles. The van der Waals surface area contributed by atoms with Gasteiger partial charge in [-0.2, -0.15) is 0 Å². The number of carbonyl (C=O) groups excluding carboxylic acids is 2. The molecule has 0 atom stereocenters. The van der Waals surface area contributed by atoms with Crippen molar-refractivity contribution in [1.82, 2.24) is 0 Å². The summed E-state index contributed by atoms with van der Waals surface area (Å²) in [6.07, 6.45) is 5.79. The lowest BCUT2D eigenvalue weighted by atomic mass is 10.1. The van der Waals surface area contributed by atoms with Crippen LogP contribution in [-0.2, 0) is 16.2 Å². The number of para-hydroxylation sites is 1. The SMILES string of the molecule is COc1ccccc1/C=C/C(=O)CC(=O)/C=C/c1ccccc1CO. The van der Waals surface area contributed by atoms with E-state index in [0.717, 1.165) is 16.7 Å². The summed E-state index contributed by atoms with van der Waals surface area (Å²) < 4.78 is 5.21. The van der Waals surface area contributed by atoms with Gasteiger partial charge in [0.15, 0.2) is 11.6 Å². The second kappa shape index (κ2) is 9.35. The summed E-state index contributed by atoms with van der Waals surface area (Å²) in [5.41, 5.74) is 2.27. The minimum Gasteiger partial charge on any atom is -0.496 e. The standard InChI is InChI=1S/C21H20O4/c1-25-21-9-5-4-7-17(21)11-13-20(24)14-19(23)12-10-16-6-2-3-8-18(16)15-22/h2-13,22H,14-15H2,1H3/b12-10+,13-11+. The van der Waals surface area contributed by atoms with E-state index in [-0.39, 0.29) is 24.6 Å². The van der Waals surface area contributed by atoms with E-state index in [4.69, 9.17) is 4.74 Å². The number of aliphatic hydroxyl groups excluding tert-OH is 1. The fourth-order valence-corrected chi connectivity index (χ4v) is 2.30. The van der Waals surface area contributed by atoms with E-state index in [1.807, 2.05) is 30.3 Å². The molecule has 2 aromatic rings. The van der Waals surface area contributed by atoms with Crippen LogP contribution in [0, 0.1) is 0 Å². The van der Waals surface area contributed by atoms with Crippen molar-refractivity contribution < 1.29 is 19.4 Å². The number of ketones is 2. The average Bonchev–Trinajstić information content (AvgIpc) is 2.65. The molecule has 0 unspecified atom stereocenters. The molecule has 0 saturated heterocycles. The van der Waals surface area contributed by atoms with E-state index in [0.29, 0.717) is 5.75 Å². The Morgan fingerprint density at radius 3 is 2.12 bits per heavy atom. The van der Waals surface area contributed by atoms with Crippen molar-refractivity contribution in [2.24, 2.45) is 0 Å². The van der Waals surface area contributed by atoms with Crippen molar-refractivity contribution in [1.29, 1.82) is 0 Å². The fourth-order valence-electron chi connectivity index (χ4n) is 2.30. The van der Waals surface area contributed by atoms with Gasteiger partial charge < -0.3 is 9.84 Å². The van der Waals surface area contributed by atoms with Crippen LogP contribution >= 0.6 is 0 Å². The molecule has 0 fully saturated rings. The van der Waals surface area contributed by atoms with Gasteiger partial charge in [-0.05, 0) is 35.4 Å². The summed E-state index contributed by atoms with van der Waals surface area (Å²) in [6.45, 7) is -0.102. The highest BCUT2D eigenvalue weighted by molar-refractivity contribution is 6.11. The summed E-state index contributed by atoms with van der Waals surface area (Å²) in [5, 5.41) is 9.26. The number of benzene rings is 2. The molecule has 2 rings (SSSR count). The number of allylic oxidation sites excluding steroid dienone is 2. The summed E-state index contributed by atoms with van der Waals surface area (Å²) >= 11 is 0. The quantitative estimate of drug-likeness (QED) is 0.592. The largest absolute Gasteiger partial charge is 0.496 e. The first-order valence-electron chi connectivity index (χ1n) is 7.87. The number of hydrogen-bond donors (Lipinski definition) is 1. The van der Waals surface area contributed by atoms with Gasteiger partial charge in [0, 0.05) is 5.56 Å².